The molecule has 1 fully saturated rings. The number of amides is 1. The van der Waals surface area contributed by atoms with Crippen molar-refractivity contribution in [3.63, 3.8) is 0 Å². The van der Waals surface area contributed by atoms with Crippen LogP contribution >= 0.6 is 0 Å². The first-order valence-corrected chi connectivity index (χ1v) is 12.7. The number of aryl methyl sites for hydroxylation is 1. The Morgan fingerprint density at radius 2 is 1.54 bits per heavy atom. The third-order valence-electron chi connectivity index (χ3n) is 6.46. The maximum absolute atomic E-state index is 13.5. The van der Waals surface area contributed by atoms with E-state index in [0.29, 0.717) is 36.7 Å². The molecule has 0 unspecified atom stereocenters. The van der Waals surface area contributed by atoms with Crippen LogP contribution < -0.4 is 26.5 Å². The summed E-state index contributed by atoms with van der Waals surface area (Å²) >= 11 is 0. The minimum Gasteiger partial charge on any atom is -0.488 e. The molecule has 10 heteroatoms. The van der Waals surface area contributed by atoms with E-state index in [1.807, 2.05) is 31.2 Å². The largest absolute Gasteiger partial charge is 0.488 e. The number of ether oxygens (including phenoxy) is 2. The zero-order valence-corrected chi connectivity index (χ0v) is 21.5. The number of likely N-dealkylation sites (tertiary alicyclic amines) is 1. The number of hydrogen-bond acceptors (Lipinski definition) is 6. The van der Waals surface area contributed by atoms with E-state index in [1.54, 1.807) is 47.4 Å². The van der Waals surface area contributed by atoms with E-state index in [4.69, 9.17) is 9.47 Å². The van der Waals surface area contributed by atoms with Crippen LogP contribution in [-0.2, 0) is 4.79 Å². The summed E-state index contributed by atoms with van der Waals surface area (Å²) in [5.74, 6) is 1.31. The number of para-hydroxylation sites is 1. The molecule has 0 bridgehead atoms. The highest BCUT2D eigenvalue weighted by Gasteiger charge is 2.19. The summed E-state index contributed by atoms with van der Waals surface area (Å²) in [6.07, 6.45) is 2.37. The van der Waals surface area contributed by atoms with Crippen molar-refractivity contribution >= 4 is 5.91 Å². The number of nitrogens with zero attached hydrogens (tertiary/aromatic N) is 3. The van der Waals surface area contributed by atoms with Gasteiger partial charge in [-0.3, -0.25) is 9.78 Å². The molecule has 39 heavy (non-hydrogen) atoms. The number of rotatable bonds is 8. The summed E-state index contributed by atoms with van der Waals surface area (Å²) in [7, 11) is 0. The molecular formula is C29H28N4O6. The third-order valence-corrected chi connectivity index (χ3v) is 6.46. The first-order chi connectivity index (χ1) is 18.9. The van der Waals surface area contributed by atoms with Crippen LogP contribution in [0.4, 0.5) is 0 Å². The number of H-pyrrole nitrogens is 1. The molecule has 3 aromatic carbocycles. The number of carbonyl (C=O) groups excluding carboxylic acids is 1. The van der Waals surface area contributed by atoms with Gasteiger partial charge in [0.1, 0.15) is 12.4 Å². The fourth-order valence-corrected chi connectivity index (χ4v) is 4.51. The van der Waals surface area contributed by atoms with E-state index in [0.717, 1.165) is 27.5 Å². The van der Waals surface area contributed by atoms with Gasteiger partial charge in [0.15, 0.2) is 11.5 Å². The van der Waals surface area contributed by atoms with E-state index < -0.39 is 17.1 Å². The molecular weight excluding hydrogens is 500 g/mol. The second kappa shape index (κ2) is 11.3. The van der Waals surface area contributed by atoms with Crippen molar-refractivity contribution in [2.75, 3.05) is 19.7 Å². The van der Waals surface area contributed by atoms with E-state index >= 15 is 0 Å². The normalized spacial score (nSPS) is 13.4. The molecule has 1 saturated heterocycles. The zero-order chi connectivity index (χ0) is 27.4. The van der Waals surface area contributed by atoms with E-state index in [-0.39, 0.29) is 24.0 Å². The Kier molecular flexibility index (Phi) is 7.44. The monoisotopic (exact) mass is 528 g/mol. The second-order valence-electron chi connectivity index (χ2n) is 9.26. The van der Waals surface area contributed by atoms with Gasteiger partial charge in [0.2, 0.25) is 5.91 Å². The van der Waals surface area contributed by atoms with Crippen LogP contribution in [0.15, 0.2) is 87.2 Å². The summed E-state index contributed by atoms with van der Waals surface area (Å²) in [6, 6.07) is 20.6. The van der Waals surface area contributed by atoms with Crippen molar-refractivity contribution in [1.29, 1.82) is 0 Å². The molecule has 1 N–H and O–H groups in total. The van der Waals surface area contributed by atoms with Gasteiger partial charge < -0.3 is 14.4 Å². The van der Waals surface area contributed by atoms with Gasteiger partial charge in [-0.25, -0.2) is 23.5 Å². The van der Waals surface area contributed by atoms with Gasteiger partial charge in [0.05, 0.1) is 17.9 Å². The second-order valence-corrected chi connectivity index (χ2v) is 9.26. The Balaban J connectivity index is 1.53. The van der Waals surface area contributed by atoms with E-state index in [9.17, 15) is 19.2 Å². The van der Waals surface area contributed by atoms with Crippen LogP contribution in [-0.4, -0.2) is 44.6 Å². The molecule has 10 nitrogen and oxygen atoms in total. The van der Waals surface area contributed by atoms with E-state index in [2.05, 4.69) is 4.98 Å². The fraction of sp³-hybridized carbons (Fsp3) is 0.241. The molecule has 200 valence electrons. The topological polar surface area (TPSA) is 116 Å². The number of hydrogen-bond donors (Lipinski definition) is 1. The maximum Gasteiger partial charge on any atom is 0.345 e. The number of piperidine rings is 1. The van der Waals surface area contributed by atoms with Crippen molar-refractivity contribution < 1.29 is 14.3 Å². The molecule has 0 atom stereocenters. The highest BCUT2D eigenvalue weighted by molar-refractivity contribution is 5.76. The Hall–Kier alpha value is -4.86. The van der Waals surface area contributed by atoms with Gasteiger partial charge in [-0.15, -0.1) is 0 Å². The van der Waals surface area contributed by atoms with Gasteiger partial charge in [-0.1, -0.05) is 30.3 Å². The predicted molar refractivity (Wildman–Crippen MR) is 145 cm³/mol. The number of carbonyl (C=O) groups is 1. The van der Waals surface area contributed by atoms with Crippen LogP contribution in [0.2, 0.25) is 0 Å². The Labute approximate surface area is 223 Å². The molecule has 1 aliphatic heterocycles. The Bertz CT molecular complexity index is 1670. The summed E-state index contributed by atoms with van der Waals surface area (Å²) in [5.41, 5.74) is -1.17. The molecule has 1 amide bonds. The number of aromatic nitrogens is 3. The summed E-state index contributed by atoms with van der Waals surface area (Å²) < 4.78 is 13.8. The summed E-state index contributed by atoms with van der Waals surface area (Å²) in [6.45, 7) is 3.10. The average Bonchev–Trinajstić information content (AvgIpc) is 2.91. The van der Waals surface area contributed by atoms with Gasteiger partial charge >= 0.3 is 17.1 Å². The Morgan fingerprint density at radius 3 is 2.26 bits per heavy atom. The first-order valence-electron chi connectivity index (χ1n) is 12.7. The minimum atomic E-state index is -0.879. The SMILES string of the molecule is Cc1cccc(-n2c(=O)[nH]c(=O)n(-c3ccc(Oc4ccccc4)c(OCCN4CCCCC4=O)c3)c2=O)c1. The molecule has 0 aliphatic carbocycles. The lowest BCUT2D eigenvalue weighted by Crippen LogP contribution is -2.48. The predicted octanol–water partition coefficient (Wildman–Crippen LogP) is 3.17. The molecule has 5 rings (SSSR count). The number of benzene rings is 3. The molecule has 1 aliphatic rings. The van der Waals surface area contributed by atoms with Gasteiger partial charge in [-0.2, -0.15) is 0 Å². The maximum atomic E-state index is 13.5. The molecule has 0 radical (unpaired) electrons. The highest BCUT2D eigenvalue weighted by Crippen LogP contribution is 2.33. The van der Waals surface area contributed by atoms with Gasteiger partial charge in [0.25, 0.3) is 0 Å². The molecule has 1 aromatic heterocycles. The lowest BCUT2D eigenvalue weighted by Gasteiger charge is -2.26. The van der Waals surface area contributed by atoms with Crippen molar-refractivity contribution in [3.8, 4) is 28.6 Å². The molecule has 4 aromatic rings. The van der Waals surface area contributed by atoms with Crippen LogP contribution in [0.1, 0.15) is 24.8 Å². The van der Waals surface area contributed by atoms with Crippen molar-refractivity contribution in [2.45, 2.75) is 26.2 Å². The average molecular weight is 529 g/mol. The minimum absolute atomic E-state index is 0.0934. The van der Waals surface area contributed by atoms with Crippen molar-refractivity contribution in [1.82, 2.24) is 19.0 Å². The van der Waals surface area contributed by atoms with Crippen LogP contribution in [0.5, 0.6) is 17.2 Å². The lowest BCUT2D eigenvalue weighted by molar-refractivity contribution is -0.133. The van der Waals surface area contributed by atoms with Crippen molar-refractivity contribution in [3.05, 3.63) is 110 Å². The van der Waals surface area contributed by atoms with Gasteiger partial charge in [0, 0.05) is 19.0 Å². The number of nitrogens with one attached hydrogen (secondary N) is 1. The summed E-state index contributed by atoms with van der Waals surface area (Å²) in [4.78, 5) is 55.1. The van der Waals surface area contributed by atoms with Crippen LogP contribution in [0.3, 0.4) is 0 Å². The quantitative estimate of drug-likeness (QED) is 0.376. The van der Waals surface area contributed by atoms with E-state index in [1.165, 1.54) is 6.07 Å². The lowest BCUT2D eigenvalue weighted by atomic mass is 10.1. The van der Waals surface area contributed by atoms with Crippen molar-refractivity contribution in [2.24, 2.45) is 0 Å². The number of aromatic amines is 1. The fourth-order valence-electron chi connectivity index (χ4n) is 4.51. The first kappa shape index (κ1) is 25.8. The van der Waals surface area contributed by atoms with Crippen LogP contribution in [0, 0.1) is 6.92 Å². The standard InChI is InChI=1S/C29H28N4O6/c1-20-8-7-9-21(18-20)32-27(35)30-28(36)33(29(32)37)22-13-14-24(39-23-10-3-2-4-11-23)25(19-22)38-17-16-31-15-6-5-12-26(31)34/h2-4,7-11,13-14,18-19H,5-6,12,15-17H2,1H3,(H,30,35,36). The molecule has 0 spiro atoms. The molecule has 2 heterocycles. The smallest absolute Gasteiger partial charge is 0.345 e. The highest BCUT2D eigenvalue weighted by atomic mass is 16.5. The van der Waals surface area contributed by atoms with Crippen LogP contribution in [0.25, 0.3) is 11.4 Å². The summed E-state index contributed by atoms with van der Waals surface area (Å²) in [5, 5.41) is 0. The Morgan fingerprint density at radius 1 is 0.795 bits per heavy atom. The van der Waals surface area contributed by atoms with Gasteiger partial charge in [-0.05, 0) is 61.7 Å². The zero-order valence-electron chi connectivity index (χ0n) is 21.5. The third kappa shape index (κ3) is 5.69. The molecule has 0 saturated carbocycles.